The SMILES string of the molecule is CC(C)Oc1ccccc1C1(O)CC(C(=O)O)C1. The van der Waals surface area contributed by atoms with E-state index in [4.69, 9.17) is 9.84 Å². The minimum absolute atomic E-state index is 0.0186. The predicted molar refractivity (Wildman–Crippen MR) is 66.5 cm³/mol. The Kier molecular flexibility index (Phi) is 3.30. The highest BCUT2D eigenvalue weighted by Gasteiger charge is 2.48. The average molecular weight is 250 g/mol. The van der Waals surface area contributed by atoms with Gasteiger partial charge in [0.25, 0.3) is 0 Å². The van der Waals surface area contributed by atoms with Crippen LogP contribution in [-0.2, 0) is 10.4 Å². The van der Waals surface area contributed by atoms with E-state index in [1.807, 2.05) is 26.0 Å². The molecule has 0 saturated heterocycles. The first-order valence-corrected chi connectivity index (χ1v) is 6.14. The Bertz CT molecular complexity index is 447. The smallest absolute Gasteiger partial charge is 0.306 e. The van der Waals surface area contributed by atoms with Crippen molar-refractivity contribution in [2.75, 3.05) is 0 Å². The first-order valence-electron chi connectivity index (χ1n) is 6.14. The zero-order chi connectivity index (χ0) is 13.3. The van der Waals surface area contributed by atoms with Gasteiger partial charge in [-0.3, -0.25) is 4.79 Å². The van der Waals surface area contributed by atoms with E-state index >= 15 is 0 Å². The van der Waals surface area contributed by atoms with Crippen molar-refractivity contribution in [2.24, 2.45) is 5.92 Å². The van der Waals surface area contributed by atoms with Crippen LogP contribution in [0.4, 0.5) is 0 Å². The fourth-order valence-electron chi connectivity index (χ4n) is 2.36. The van der Waals surface area contributed by atoms with E-state index in [1.165, 1.54) is 0 Å². The van der Waals surface area contributed by atoms with Crippen LogP contribution in [0, 0.1) is 5.92 Å². The third kappa shape index (κ3) is 2.34. The van der Waals surface area contributed by atoms with Crippen LogP contribution in [0.15, 0.2) is 24.3 Å². The lowest BCUT2D eigenvalue weighted by Gasteiger charge is -2.42. The maximum atomic E-state index is 10.8. The number of ether oxygens (including phenoxy) is 1. The van der Waals surface area contributed by atoms with Gasteiger partial charge in [0.1, 0.15) is 5.75 Å². The van der Waals surface area contributed by atoms with Crippen LogP contribution in [0.2, 0.25) is 0 Å². The maximum Gasteiger partial charge on any atom is 0.306 e. The summed E-state index contributed by atoms with van der Waals surface area (Å²) >= 11 is 0. The van der Waals surface area contributed by atoms with E-state index in [-0.39, 0.29) is 18.9 Å². The topological polar surface area (TPSA) is 66.8 Å². The van der Waals surface area contributed by atoms with Crippen LogP contribution in [0.5, 0.6) is 5.75 Å². The van der Waals surface area contributed by atoms with Crippen molar-refractivity contribution in [3.63, 3.8) is 0 Å². The predicted octanol–water partition coefficient (Wildman–Crippen LogP) is 2.16. The molecule has 4 heteroatoms. The summed E-state index contributed by atoms with van der Waals surface area (Å²) in [5.74, 6) is -0.664. The molecule has 1 aliphatic carbocycles. The summed E-state index contributed by atoms with van der Waals surface area (Å²) in [6.45, 7) is 3.84. The van der Waals surface area contributed by atoms with Gasteiger partial charge in [0, 0.05) is 5.56 Å². The molecule has 1 aliphatic rings. The van der Waals surface area contributed by atoms with Crippen LogP contribution in [0.25, 0.3) is 0 Å². The Labute approximate surface area is 106 Å². The fraction of sp³-hybridized carbons (Fsp3) is 0.500. The van der Waals surface area contributed by atoms with Gasteiger partial charge >= 0.3 is 5.97 Å². The molecule has 0 unspecified atom stereocenters. The highest BCUT2D eigenvalue weighted by atomic mass is 16.5. The molecule has 1 aromatic rings. The normalized spacial score (nSPS) is 26.8. The van der Waals surface area contributed by atoms with E-state index in [9.17, 15) is 9.90 Å². The third-order valence-corrected chi connectivity index (χ3v) is 3.27. The summed E-state index contributed by atoms with van der Waals surface area (Å²) in [6.07, 6.45) is 0.520. The number of aliphatic hydroxyl groups is 1. The lowest BCUT2D eigenvalue weighted by molar-refractivity contribution is -0.159. The zero-order valence-corrected chi connectivity index (χ0v) is 10.6. The van der Waals surface area contributed by atoms with Gasteiger partial charge in [-0.1, -0.05) is 18.2 Å². The zero-order valence-electron chi connectivity index (χ0n) is 10.6. The van der Waals surface area contributed by atoms with Crippen molar-refractivity contribution >= 4 is 5.97 Å². The quantitative estimate of drug-likeness (QED) is 0.859. The summed E-state index contributed by atoms with van der Waals surface area (Å²) in [5, 5.41) is 19.3. The Morgan fingerprint density at radius 1 is 1.39 bits per heavy atom. The number of benzene rings is 1. The molecule has 2 N–H and O–H groups in total. The minimum atomic E-state index is -1.06. The number of para-hydroxylation sites is 1. The third-order valence-electron chi connectivity index (χ3n) is 3.27. The summed E-state index contributed by atoms with van der Waals surface area (Å²) in [4.78, 5) is 10.8. The molecule has 0 heterocycles. The molecule has 0 radical (unpaired) electrons. The van der Waals surface area contributed by atoms with E-state index < -0.39 is 17.5 Å². The second-order valence-electron chi connectivity index (χ2n) is 5.14. The van der Waals surface area contributed by atoms with Gasteiger partial charge in [-0.2, -0.15) is 0 Å². The second kappa shape index (κ2) is 4.61. The molecular formula is C14H18O4. The Balaban J connectivity index is 2.21. The van der Waals surface area contributed by atoms with E-state index in [2.05, 4.69) is 0 Å². The monoisotopic (exact) mass is 250 g/mol. The number of carbonyl (C=O) groups is 1. The van der Waals surface area contributed by atoms with Crippen molar-refractivity contribution in [1.82, 2.24) is 0 Å². The van der Waals surface area contributed by atoms with Crippen molar-refractivity contribution in [3.8, 4) is 5.75 Å². The first-order chi connectivity index (χ1) is 8.42. The Morgan fingerprint density at radius 2 is 2.00 bits per heavy atom. The Hall–Kier alpha value is -1.55. The molecular weight excluding hydrogens is 232 g/mol. The lowest BCUT2D eigenvalue weighted by atomic mass is 9.67. The van der Waals surface area contributed by atoms with Crippen molar-refractivity contribution in [2.45, 2.75) is 38.4 Å². The molecule has 4 nitrogen and oxygen atoms in total. The highest BCUT2D eigenvalue weighted by Crippen LogP contribution is 2.48. The fourth-order valence-corrected chi connectivity index (χ4v) is 2.36. The van der Waals surface area contributed by atoms with Crippen LogP contribution < -0.4 is 4.74 Å². The molecule has 0 bridgehead atoms. The number of aliphatic carboxylic acids is 1. The molecule has 0 spiro atoms. The molecule has 0 aliphatic heterocycles. The van der Waals surface area contributed by atoms with Crippen LogP contribution >= 0.6 is 0 Å². The molecule has 1 fully saturated rings. The number of hydrogen-bond donors (Lipinski definition) is 2. The number of carboxylic acid groups (broad SMARTS) is 1. The van der Waals surface area contributed by atoms with Crippen LogP contribution in [0.1, 0.15) is 32.3 Å². The maximum absolute atomic E-state index is 10.8. The van der Waals surface area contributed by atoms with Gasteiger partial charge < -0.3 is 14.9 Å². The standard InChI is InChI=1S/C14H18O4/c1-9(2)18-12-6-4-3-5-11(12)14(17)7-10(8-14)13(15)16/h3-6,9-10,17H,7-8H2,1-2H3,(H,15,16). The number of rotatable bonds is 4. The summed E-state index contributed by atoms with van der Waals surface area (Å²) in [7, 11) is 0. The molecule has 0 amide bonds. The van der Waals surface area contributed by atoms with Crippen molar-refractivity contribution in [3.05, 3.63) is 29.8 Å². The molecule has 18 heavy (non-hydrogen) atoms. The van der Waals surface area contributed by atoms with Crippen molar-refractivity contribution in [1.29, 1.82) is 0 Å². The number of hydrogen-bond acceptors (Lipinski definition) is 3. The molecule has 0 atom stereocenters. The summed E-state index contributed by atoms with van der Waals surface area (Å²) in [6, 6.07) is 7.28. The van der Waals surface area contributed by atoms with Gasteiger partial charge in [-0.05, 0) is 32.8 Å². The van der Waals surface area contributed by atoms with Crippen molar-refractivity contribution < 1.29 is 19.7 Å². The van der Waals surface area contributed by atoms with E-state index in [0.717, 1.165) is 0 Å². The van der Waals surface area contributed by atoms with Gasteiger partial charge in [0.2, 0.25) is 0 Å². The van der Waals surface area contributed by atoms with Gasteiger partial charge in [-0.25, -0.2) is 0 Å². The van der Waals surface area contributed by atoms with Crippen LogP contribution in [0.3, 0.4) is 0 Å². The van der Waals surface area contributed by atoms with Gasteiger partial charge in [0.05, 0.1) is 17.6 Å². The second-order valence-corrected chi connectivity index (χ2v) is 5.14. The average Bonchev–Trinajstić information content (AvgIpc) is 2.24. The lowest BCUT2D eigenvalue weighted by Crippen LogP contribution is -2.44. The minimum Gasteiger partial charge on any atom is -0.491 e. The van der Waals surface area contributed by atoms with E-state index in [1.54, 1.807) is 12.1 Å². The van der Waals surface area contributed by atoms with Gasteiger partial charge in [0.15, 0.2) is 0 Å². The van der Waals surface area contributed by atoms with E-state index in [0.29, 0.717) is 11.3 Å². The highest BCUT2D eigenvalue weighted by molar-refractivity contribution is 5.72. The van der Waals surface area contributed by atoms with Gasteiger partial charge in [-0.15, -0.1) is 0 Å². The molecule has 0 aromatic heterocycles. The Morgan fingerprint density at radius 3 is 2.56 bits per heavy atom. The molecule has 1 saturated carbocycles. The largest absolute Gasteiger partial charge is 0.491 e. The molecule has 98 valence electrons. The number of carboxylic acids is 1. The molecule has 1 aromatic carbocycles. The molecule has 2 rings (SSSR count). The summed E-state index contributed by atoms with van der Waals surface area (Å²) in [5.41, 5.74) is -0.370. The first kappa shape index (κ1) is 12.9. The summed E-state index contributed by atoms with van der Waals surface area (Å²) < 4.78 is 5.66. The van der Waals surface area contributed by atoms with Crippen LogP contribution in [-0.4, -0.2) is 22.3 Å².